The lowest BCUT2D eigenvalue weighted by Gasteiger charge is -2.08. The topological polar surface area (TPSA) is 47.0 Å². The molecule has 4 nitrogen and oxygen atoms in total. The van der Waals surface area contributed by atoms with Crippen LogP contribution in [-0.2, 0) is 0 Å². The standard InChI is InChI=1S/C11H17N3OS/c1-4-6-7-15-10-8-9(12-5-2)13-11(14-10)16-3/h4,8H,1,5-7H2,2-3H3,(H,12,13,14). The minimum atomic E-state index is 0.597. The average molecular weight is 239 g/mol. The van der Waals surface area contributed by atoms with Gasteiger partial charge in [0, 0.05) is 12.6 Å². The Morgan fingerprint density at radius 2 is 2.38 bits per heavy atom. The van der Waals surface area contributed by atoms with E-state index in [1.54, 1.807) is 0 Å². The third-order valence-corrected chi connectivity index (χ3v) is 2.34. The minimum absolute atomic E-state index is 0.597. The van der Waals surface area contributed by atoms with E-state index in [4.69, 9.17) is 4.74 Å². The van der Waals surface area contributed by atoms with Gasteiger partial charge in [-0.25, -0.2) is 4.98 Å². The normalized spacial score (nSPS) is 9.88. The van der Waals surface area contributed by atoms with E-state index in [0.29, 0.717) is 17.6 Å². The molecule has 0 bridgehead atoms. The Balaban J connectivity index is 2.73. The van der Waals surface area contributed by atoms with Crippen LogP contribution in [0, 0.1) is 0 Å². The first kappa shape index (κ1) is 12.8. The Labute approximate surface area is 101 Å². The molecule has 88 valence electrons. The molecular formula is C11H17N3OS. The van der Waals surface area contributed by atoms with Crippen LogP contribution in [0.15, 0.2) is 23.9 Å². The fraction of sp³-hybridized carbons (Fsp3) is 0.455. The van der Waals surface area contributed by atoms with Gasteiger partial charge in [0.1, 0.15) is 5.82 Å². The zero-order chi connectivity index (χ0) is 11.8. The molecule has 16 heavy (non-hydrogen) atoms. The fourth-order valence-corrected chi connectivity index (χ4v) is 1.46. The lowest BCUT2D eigenvalue weighted by atomic mass is 10.4. The molecule has 1 heterocycles. The van der Waals surface area contributed by atoms with E-state index in [1.807, 2.05) is 25.3 Å². The highest BCUT2D eigenvalue weighted by molar-refractivity contribution is 7.98. The van der Waals surface area contributed by atoms with Crippen molar-refractivity contribution in [2.24, 2.45) is 0 Å². The van der Waals surface area contributed by atoms with Crippen LogP contribution < -0.4 is 10.1 Å². The van der Waals surface area contributed by atoms with Crippen molar-refractivity contribution in [1.29, 1.82) is 0 Å². The van der Waals surface area contributed by atoms with E-state index < -0.39 is 0 Å². The molecule has 0 aliphatic rings. The Hall–Kier alpha value is -1.23. The number of anilines is 1. The van der Waals surface area contributed by atoms with E-state index in [1.165, 1.54) is 11.8 Å². The molecule has 0 radical (unpaired) electrons. The molecule has 1 N–H and O–H groups in total. The van der Waals surface area contributed by atoms with Crippen LogP contribution in [0.2, 0.25) is 0 Å². The van der Waals surface area contributed by atoms with Crippen molar-refractivity contribution in [1.82, 2.24) is 9.97 Å². The minimum Gasteiger partial charge on any atom is -0.477 e. The zero-order valence-corrected chi connectivity index (χ0v) is 10.5. The van der Waals surface area contributed by atoms with Crippen LogP contribution in [0.1, 0.15) is 13.3 Å². The van der Waals surface area contributed by atoms with Crippen LogP contribution in [0.4, 0.5) is 5.82 Å². The highest BCUT2D eigenvalue weighted by Crippen LogP contribution is 2.18. The van der Waals surface area contributed by atoms with E-state index >= 15 is 0 Å². The van der Waals surface area contributed by atoms with Crippen molar-refractivity contribution < 1.29 is 4.74 Å². The smallest absolute Gasteiger partial charge is 0.219 e. The lowest BCUT2D eigenvalue weighted by molar-refractivity contribution is 0.309. The second-order valence-corrected chi connectivity index (χ2v) is 3.81. The van der Waals surface area contributed by atoms with Gasteiger partial charge < -0.3 is 10.1 Å². The molecule has 0 atom stereocenters. The number of thioether (sulfide) groups is 1. The molecule has 0 fully saturated rings. The van der Waals surface area contributed by atoms with E-state index in [2.05, 4.69) is 21.9 Å². The van der Waals surface area contributed by atoms with Crippen LogP contribution in [0.25, 0.3) is 0 Å². The monoisotopic (exact) mass is 239 g/mol. The Morgan fingerprint density at radius 1 is 1.56 bits per heavy atom. The number of nitrogens with zero attached hydrogens (tertiary/aromatic N) is 2. The Bertz CT molecular complexity index is 344. The maximum atomic E-state index is 5.50. The van der Waals surface area contributed by atoms with Gasteiger partial charge in [-0.1, -0.05) is 17.8 Å². The number of nitrogens with one attached hydrogen (secondary N) is 1. The first-order valence-electron chi connectivity index (χ1n) is 5.20. The third-order valence-electron chi connectivity index (χ3n) is 1.79. The van der Waals surface area contributed by atoms with Crippen LogP contribution >= 0.6 is 11.8 Å². The Morgan fingerprint density at radius 3 is 3.00 bits per heavy atom. The first-order chi connectivity index (χ1) is 7.80. The van der Waals surface area contributed by atoms with Gasteiger partial charge >= 0.3 is 0 Å². The summed E-state index contributed by atoms with van der Waals surface area (Å²) in [6, 6.07) is 1.81. The second-order valence-electron chi connectivity index (χ2n) is 3.03. The van der Waals surface area contributed by atoms with Gasteiger partial charge in [-0.3, -0.25) is 0 Å². The maximum absolute atomic E-state index is 5.50. The Kier molecular flexibility index (Phi) is 5.71. The van der Waals surface area contributed by atoms with E-state index in [-0.39, 0.29) is 0 Å². The quantitative estimate of drug-likeness (QED) is 0.343. The van der Waals surface area contributed by atoms with Crippen LogP contribution in [0.3, 0.4) is 0 Å². The van der Waals surface area contributed by atoms with Gasteiger partial charge in [-0.05, 0) is 19.6 Å². The largest absolute Gasteiger partial charge is 0.477 e. The molecule has 0 aliphatic heterocycles. The molecule has 0 saturated carbocycles. The van der Waals surface area contributed by atoms with E-state index in [0.717, 1.165) is 18.8 Å². The summed E-state index contributed by atoms with van der Waals surface area (Å²) in [5.74, 6) is 1.41. The number of ether oxygens (including phenoxy) is 1. The average Bonchev–Trinajstić information content (AvgIpc) is 2.29. The number of rotatable bonds is 7. The maximum Gasteiger partial charge on any atom is 0.219 e. The first-order valence-corrected chi connectivity index (χ1v) is 6.43. The van der Waals surface area contributed by atoms with E-state index in [9.17, 15) is 0 Å². The molecule has 0 aliphatic carbocycles. The summed E-state index contributed by atoms with van der Waals surface area (Å²) in [7, 11) is 0. The highest BCUT2D eigenvalue weighted by Gasteiger charge is 2.03. The van der Waals surface area contributed by atoms with Crippen molar-refractivity contribution in [2.45, 2.75) is 18.5 Å². The van der Waals surface area contributed by atoms with Crippen molar-refractivity contribution in [3.05, 3.63) is 18.7 Å². The lowest BCUT2D eigenvalue weighted by Crippen LogP contribution is -2.04. The van der Waals surface area contributed by atoms with Gasteiger partial charge in [0.05, 0.1) is 6.61 Å². The van der Waals surface area contributed by atoms with Gasteiger partial charge in [0.2, 0.25) is 5.88 Å². The highest BCUT2D eigenvalue weighted by atomic mass is 32.2. The summed E-state index contributed by atoms with van der Waals surface area (Å²) < 4.78 is 5.50. The van der Waals surface area contributed by atoms with Gasteiger partial charge in [0.25, 0.3) is 0 Å². The molecule has 0 amide bonds. The summed E-state index contributed by atoms with van der Waals surface area (Å²) in [4.78, 5) is 8.57. The van der Waals surface area contributed by atoms with Crippen molar-refractivity contribution in [3.8, 4) is 5.88 Å². The van der Waals surface area contributed by atoms with Crippen molar-refractivity contribution in [3.63, 3.8) is 0 Å². The SMILES string of the molecule is C=CCCOc1cc(NCC)nc(SC)n1. The molecule has 0 spiro atoms. The zero-order valence-electron chi connectivity index (χ0n) is 9.69. The number of aromatic nitrogens is 2. The molecule has 1 rings (SSSR count). The molecule has 0 unspecified atom stereocenters. The van der Waals surface area contributed by atoms with Gasteiger partial charge in [-0.15, -0.1) is 6.58 Å². The predicted octanol–water partition coefficient (Wildman–Crippen LogP) is 2.59. The molecule has 0 saturated heterocycles. The summed E-state index contributed by atoms with van der Waals surface area (Å²) >= 11 is 1.50. The number of hydrogen-bond donors (Lipinski definition) is 1. The summed E-state index contributed by atoms with van der Waals surface area (Å²) in [6.45, 7) is 7.10. The van der Waals surface area contributed by atoms with Crippen molar-refractivity contribution >= 4 is 17.6 Å². The molecule has 0 aromatic carbocycles. The van der Waals surface area contributed by atoms with Crippen LogP contribution in [0.5, 0.6) is 5.88 Å². The number of hydrogen-bond acceptors (Lipinski definition) is 5. The second kappa shape index (κ2) is 7.11. The summed E-state index contributed by atoms with van der Waals surface area (Å²) in [5, 5.41) is 3.86. The predicted molar refractivity (Wildman–Crippen MR) is 68.3 cm³/mol. The van der Waals surface area contributed by atoms with Crippen molar-refractivity contribution in [2.75, 3.05) is 24.7 Å². The molecular weight excluding hydrogens is 222 g/mol. The van der Waals surface area contributed by atoms with Gasteiger partial charge in [-0.2, -0.15) is 4.98 Å². The fourth-order valence-electron chi connectivity index (χ4n) is 1.09. The third kappa shape index (κ3) is 4.10. The van der Waals surface area contributed by atoms with Gasteiger partial charge in [0.15, 0.2) is 5.16 Å². The summed E-state index contributed by atoms with van der Waals surface area (Å²) in [6.07, 6.45) is 4.58. The molecule has 1 aromatic heterocycles. The molecule has 5 heteroatoms. The summed E-state index contributed by atoms with van der Waals surface area (Å²) in [5.41, 5.74) is 0. The van der Waals surface area contributed by atoms with Crippen LogP contribution in [-0.4, -0.2) is 29.4 Å². The molecule has 1 aromatic rings.